The lowest BCUT2D eigenvalue weighted by molar-refractivity contribution is -0.274. The molecule has 1 amide bonds. The topological polar surface area (TPSA) is 91.5 Å². The third-order valence-corrected chi connectivity index (χ3v) is 5.88. The Balaban J connectivity index is 1.63. The molecule has 0 aliphatic carbocycles. The average Bonchev–Trinajstić information content (AvgIpc) is 3.08. The quantitative estimate of drug-likeness (QED) is 0.814. The van der Waals surface area contributed by atoms with Gasteiger partial charge in [0.1, 0.15) is 11.4 Å². The van der Waals surface area contributed by atoms with E-state index in [2.05, 4.69) is 15.0 Å². The summed E-state index contributed by atoms with van der Waals surface area (Å²) in [6.07, 6.45) is -4.23. The molecular weight excluding hydrogens is 375 g/mol. The van der Waals surface area contributed by atoms with Crippen LogP contribution in [0.15, 0.2) is 24.3 Å². The molecule has 0 unspecified atom stereocenters. The van der Waals surface area contributed by atoms with Crippen LogP contribution in [0, 0.1) is 0 Å². The van der Waals surface area contributed by atoms with Crippen LogP contribution >= 0.6 is 0 Å². The summed E-state index contributed by atoms with van der Waals surface area (Å²) in [5.74, 6) is -0.750. The lowest BCUT2D eigenvalue weighted by Crippen LogP contribution is -2.35. The van der Waals surface area contributed by atoms with Crippen molar-refractivity contribution >= 4 is 26.8 Å². The molecule has 11 heteroatoms. The zero-order valence-electron chi connectivity index (χ0n) is 13.5. The normalized spacial score (nSPS) is 17.5. The highest BCUT2D eigenvalue weighted by Crippen LogP contribution is 2.26. The number of nitrogens with one attached hydrogen (secondary N) is 2. The minimum atomic E-state index is -4.80. The number of hydrogen-bond acceptors (Lipinski definition) is 4. The van der Waals surface area contributed by atoms with E-state index in [-0.39, 0.29) is 24.5 Å². The first-order chi connectivity index (χ1) is 12.1. The molecule has 0 radical (unpaired) electrons. The summed E-state index contributed by atoms with van der Waals surface area (Å²) in [5.41, 5.74) is 0.479. The average molecular weight is 391 g/mol. The molecule has 1 aliphatic heterocycles. The molecule has 2 aromatic rings. The molecule has 0 bridgehead atoms. The highest BCUT2D eigenvalue weighted by atomic mass is 32.2. The van der Waals surface area contributed by atoms with Gasteiger partial charge in [0.15, 0.2) is 0 Å². The number of benzene rings is 1. The number of aromatic nitrogens is 1. The van der Waals surface area contributed by atoms with E-state index >= 15 is 0 Å². The van der Waals surface area contributed by atoms with Gasteiger partial charge in [-0.05, 0) is 24.6 Å². The van der Waals surface area contributed by atoms with Gasteiger partial charge in [0, 0.05) is 36.6 Å². The third-order valence-electron chi connectivity index (χ3n) is 3.92. The summed E-state index contributed by atoms with van der Waals surface area (Å²) in [6.45, 7) is 0.750. The Labute approximate surface area is 147 Å². The van der Waals surface area contributed by atoms with E-state index in [0.29, 0.717) is 23.9 Å². The van der Waals surface area contributed by atoms with Crippen LogP contribution in [0.5, 0.6) is 5.75 Å². The molecule has 1 aliphatic rings. The SMILES string of the molecule is O=C(NCCN1CCCS1(=O)=O)c1cc2ccc(OC(F)(F)F)cc2[nH]1. The number of H-pyrrole nitrogens is 1. The number of ether oxygens (including phenoxy) is 1. The number of hydrogen-bond donors (Lipinski definition) is 2. The van der Waals surface area contributed by atoms with Gasteiger partial charge in [-0.25, -0.2) is 12.7 Å². The predicted octanol–water partition coefficient (Wildman–Crippen LogP) is 1.83. The Morgan fingerprint density at radius 2 is 2.08 bits per heavy atom. The molecule has 7 nitrogen and oxygen atoms in total. The number of amides is 1. The minimum Gasteiger partial charge on any atom is -0.406 e. The van der Waals surface area contributed by atoms with Gasteiger partial charge in [0.05, 0.1) is 5.75 Å². The standard InChI is InChI=1S/C15H16F3N3O4S/c16-15(17,18)25-11-3-2-10-8-13(20-12(10)9-11)14(22)19-4-6-21-5-1-7-26(21,23)24/h2-3,8-9,20H,1,4-7H2,(H,19,22). The summed E-state index contributed by atoms with van der Waals surface area (Å²) in [7, 11) is -3.22. The number of alkyl halides is 3. The van der Waals surface area contributed by atoms with Gasteiger partial charge in [-0.15, -0.1) is 13.2 Å². The van der Waals surface area contributed by atoms with Gasteiger partial charge in [-0.1, -0.05) is 0 Å². The van der Waals surface area contributed by atoms with Crippen molar-refractivity contribution < 1.29 is 31.1 Å². The first-order valence-corrected chi connectivity index (χ1v) is 9.39. The second-order valence-electron chi connectivity index (χ2n) is 5.80. The first-order valence-electron chi connectivity index (χ1n) is 7.79. The van der Waals surface area contributed by atoms with E-state index in [9.17, 15) is 26.4 Å². The Kier molecular flexibility index (Phi) is 4.84. The fourth-order valence-electron chi connectivity index (χ4n) is 2.76. The monoisotopic (exact) mass is 391 g/mol. The molecule has 142 valence electrons. The lowest BCUT2D eigenvalue weighted by atomic mass is 10.2. The summed E-state index contributed by atoms with van der Waals surface area (Å²) in [6, 6.07) is 5.20. The maximum absolute atomic E-state index is 12.3. The Hall–Kier alpha value is -2.27. The van der Waals surface area contributed by atoms with Crippen LogP contribution in [0.4, 0.5) is 13.2 Å². The molecule has 1 aromatic carbocycles. The van der Waals surface area contributed by atoms with Crippen LogP contribution in [0.1, 0.15) is 16.9 Å². The van der Waals surface area contributed by atoms with Crippen LogP contribution in [-0.4, -0.2) is 55.4 Å². The molecule has 26 heavy (non-hydrogen) atoms. The molecule has 0 spiro atoms. The Morgan fingerprint density at radius 1 is 1.31 bits per heavy atom. The largest absolute Gasteiger partial charge is 0.573 e. The molecule has 1 aromatic heterocycles. The second-order valence-corrected chi connectivity index (χ2v) is 7.89. The number of carbonyl (C=O) groups is 1. The zero-order valence-corrected chi connectivity index (χ0v) is 14.3. The van der Waals surface area contributed by atoms with E-state index in [0.717, 1.165) is 12.1 Å². The molecule has 0 saturated carbocycles. The fourth-order valence-corrected chi connectivity index (χ4v) is 4.29. The van der Waals surface area contributed by atoms with Crippen LogP contribution in [-0.2, 0) is 10.0 Å². The number of aromatic amines is 1. The van der Waals surface area contributed by atoms with Crippen LogP contribution in [0.2, 0.25) is 0 Å². The minimum absolute atomic E-state index is 0.116. The smallest absolute Gasteiger partial charge is 0.406 e. The molecule has 0 atom stereocenters. The van der Waals surface area contributed by atoms with Gasteiger partial charge in [0.25, 0.3) is 5.91 Å². The number of rotatable bonds is 5. The molecule has 3 rings (SSSR count). The van der Waals surface area contributed by atoms with Crippen LogP contribution < -0.4 is 10.1 Å². The van der Waals surface area contributed by atoms with Crippen molar-refractivity contribution in [1.29, 1.82) is 0 Å². The van der Waals surface area contributed by atoms with Crippen molar-refractivity contribution in [2.75, 3.05) is 25.4 Å². The van der Waals surface area contributed by atoms with Crippen molar-refractivity contribution in [2.45, 2.75) is 12.8 Å². The van der Waals surface area contributed by atoms with Gasteiger partial charge in [-0.2, -0.15) is 0 Å². The van der Waals surface area contributed by atoms with Gasteiger partial charge < -0.3 is 15.0 Å². The Bertz CT molecular complexity index is 924. The summed E-state index contributed by atoms with van der Waals surface area (Å²) >= 11 is 0. The van der Waals surface area contributed by atoms with Crippen molar-refractivity contribution in [2.24, 2.45) is 0 Å². The number of halogens is 3. The maximum atomic E-state index is 12.3. The third kappa shape index (κ3) is 4.28. The van der Waals surface area contributed by atoms with Gasteiger partial charge >= 0.3 is 6.36 Å². The Morgan fingerprint density at radius 3 is 2.73 bits per heavy atom. The van der Waals surface area contributed by atoms with Crippen molar-refractivity contribution in [3.05, 3.63) is 30.0 Å². The van der Waals surface area contributed by atoms with Crippen LogP contribution in [0.25, 0.3) is 10.9 Å². The highest BCUT2D eigenvalue weighted by Gasteiger charge is 2.31. The molecule has 2 N–H and O–H groups in total. The van der Waals surface area contributed by atoms with E-state index in [1.165, 1.54) is 16.4 Å². The van der Waals surface area contributed by atoms with Crippen molar-refractivity contribution in [1.82, 2.24) is 14.6 Å². The second kappa shape index (κ2) is 6.80. The summed E-state index contributed by atoms with van der Waals surface area (Å²) in [5, 5.41) is 3.14. The zero-order chi connectivity index (χ0) is 18.9. The van der Waals surface area contributed by atoms with Gasteiger partial charge in [0.2, 0.25) is 10.0 Å². The number of sulfonamides is 1. The molecular formula is C15H16F3N3O4S. The summed E-state index contributed by atoms with van der Waals surface area (Å²) in [4.78, 5) is 14.9. The number of nitrogens with zero attached hydrogens (tertiary/aromatic N) is 1. The van der Waals surface area contributed by atoms with Crippen molar-refractivity contribution in [3.63, 3.8) is 0 Å². The molecule has 1 saturated heterocycles. The van der Waals surface area contributed by atoms with Crippen molar-refractivity contribution in [3.8, 4) is 5.75 Å². The van der Waals surface area contributed by atoms with Crippen LogP contribution in [0.3, 0.4) is 0 Å². The number of carbonyl (C=O) groups excluding carboxylic acids is 1. The van der Waals surface area contributed by atoms with E-state index in [4.69, 9.17) is 0 Å². The lowest BCUT2D eigenvalue weighted by Gasteiger charge is -2.14. The number of fused-ring (bicyclic) bond motifs is 1. The maximum Gasteiger partial charge on any atom is 0.573 e. The fraction of sp³-hybridized carbons (Fsp3) is 0.400. The molecule has 1 fully saturated rings. The van der Waals surface area contributed by atoms with E-state index in [1.807, 2.05) is 0 Å². The highest BCUT2D eigenvalue weighted by molar-refractivity contribution is 7.89. The predicted molar refractivity (Wildman–Crippen MR) is 87.3 cm³/mol. The molecule has 2 heterocycles. The van der Waals surface area contributed by atoms with E-state index < -0.39 is 28.0 Å². The van der Waals surface area contributed by atoms with E-state index in [1.54, 1.807) is 0 Å². The first kappa shape index (κ1) is 18.5. The van der Waals surface area contributed by atoms with Gasteiger partial charge in [-0.3, -0.25) is 4.79 Å². The summed E-state index contributed by atoms with van der Waals surface area (Å²) < 4.78 is 65.3.